The normalized spacial score (nSPS) is 30.2. The van der Waals surface area contributed by atoms with Gasteiger partial charge in [0.2, 0.25) is 0 Å². The Hall–Kier alpha value is -0.0800. The zero-order chi connectivity index (χ0) is 11.5. The van der Waals surface area contributed by atoms with Gasteiger partial charge in [-0.2, -0.15) is 0 Å². The van der Waals surface area contributed by atoms with Gasteiger partial charge in [-0.05, 0) is 31.1 Å². The summed E-state index contributed by atoms with van der Waals surface area (Å²) >= 11 is 0. The molecule has 0 aromatic carbocycles. The van der Waals surface area contributed by atoms with Gasteiger partial charge < -0.3 is 9.84 Å². The summed E-state index contributed by atoms with van der Waals surface area (Å²) in [4.78, 5) is 0. The second-order valence-corrected chi connectivity index (χ2v) is 5.98. The summed E-state index contributed by atoms with van der Waals surface area (Å²) in [7, 11) is 0. The monoisotopic (exact) mass is 214 g/mol. The van der Waals surface area contributed by atoms with Crippen molar-refractivity contribution in [2.75, 3.05) is 6.61 Å². The van der Waals surface area contributed by atoms with E-state index in [4.69, 9.17) is 4.74 Å². The fourth-order valence-electron chi connectivity index (χ4n) is 2.55. The predicted octanol–water partition coefficient (Wildman–Crippen LogP) is 2.99. The van der Waals surface area contributed by atoms with E-state index in [0.717, 1.165) is 6.42 Å². The molecule has 1 aliphatic rings. The second-order valence-electron chi connectivity index (χ2n) is 5.98. The molecule has 0 bridgehead atoms. The Morgan fingerprint density at radius 2 is 1.87 bits per heavy atom. The Kier molecular flexibility index (Phi) is 4.60. The SMILES string of the molecule is CC(O)CO[C@@H]1CCCC[C@@H]1C(C)(C)C. The molecule has 2 heteroatoms. The Morgan fingerprint density at radius 3 is 2.40 bits per heavy atom. The van der Waals surface area contributed by atoms with Crippen LogP contribution in [-0.2, 0) is 4.74 Å². The number of ether oxygens (including phenoxy) is 1. The summed E-state index contributed by atoms with van der Waals surface area (Å²) in [6.45, 7) is 9.15. The zero-order valence-corrected chi connectivity index (χ0v) is 10.6. The van der Waals surface area contributed by atoms with Crippen LogP contribution in [0.25, 0.3) is 0 Å². The number of rotatable bonds is 3. The molecule has 0 aliphatic heterocycles. The van der Waals surface area contributed by atoms with E-state index in [0.29, 0.717) is 24.0 Å². The molecule has 15 heavy (non-hydrogen) atoms. The van der Waals surface area contributed by atoms with Crippen molar-refractivity contribution in [2.24, 2.45) is 11.3 Å². The average Bonchev–Trinajstić information content (AvgIpc) is 2.13. The first-order valence-electron chi connectivity index (χ1n) is 6.21. The lowest BCUT2D eigenvalue weighted by Gasteiger charge is -2.40. The molecule has 1 unspecified atom stereocenters. The van der Waals surface area contributed by atoms with E-state index in [9.17, 15) is 5.11 Å². The van der Waals surface area contributed by atoms with Crippen molar-refractivity contribution in [3.8, 4) is 0 Å². The Labute approximate surface area is 94.0 Å². The van der Waals surface area contributed by atoms with Gasteiger partial charge in [-0.3, -0.25) is 0 Å². The minimum absolute atomic E-state index is 0.323. The standard InChI is InChI=1S/C13H26O2/c1-10(14)9-15-12-8-6-5-7-11(12)13(2,3)4/h10-12,14H,5-9H2,1-4H3/t10?,11-,12+/m0/s1. The van der Waals surface area contributed by atoms with Gasteiger partial charge in [-0.15, -0.1) is 0 Å². The quantitative estimate of drug-likeness (QED) is 0.782. The van der Waals surface area contributed by atoms with E-state index >= 15 is 0 Å². The van der Waals surface area contributed by atoms with Crippen molar-refractivity contribution >= 4 is 0 Å². The summed E-state index contributed by atoms with van der Waals surface area (Å²) < 4.78 is 5.83. The molecular formula is C13H26O2. The first kappa shape index (κ1) is 13.0. The second kappa shape index (κ2) is 5.31. The topological polar surface area (TPSA) is 29.5 Å². The minimum atomic E-state index is -0.340. The molecule has 3 atom stereocenters. The maximum Gasteiger partial charge on any atom is 0.0745 e. The lowest BCUT2D eigenvalue weighted by molar-refractivity contribution is -0.0721. The number of aliphatic hydroxyl groups is 1. The highest BCUT2D eigenvalue weighted by Gasteiger charge is 2.34. The molecular weight excluding hydrogens is 188 g/mol. The van der Waals surface area contributed by atoms with Crippen LogP contribution in [0.3, 0.4) is 0 Å². The molecule has 1 fully saturated rings. The van der Waals surface area contributed by atoms with Gasteiger partial charge in [0, 0.05) is 0 Å². The Morgan fingerprint density at radius 1 is 1.27 bits per heavy atom. The molecule has 0 aromatic rings. The van der Waals surface area contributed by atoms with Crippen LogP contribution in [0.5, 0.6) is 0 Å². The van der Waals surface area contributed by atoms with Crippen molar-refractivity contribution in [3.05, 3.63) is 0 Å². The smallest absolute Gasteiger partial charge is 0.0745 e. The number of aliphatic hydroxyl groups excluding tert-OH is 1. The summed E-state index contributed by atoms with van der Waals surface area (Å²) in [6.07, 6.45) is 5.05. The van der Waals surface area contributed by atoms with Crippen molar-refractivity contribution < 1.29 is 9.84 Å². The van der Waals surface area contributed by atoms with E-state index in [1.54, 1.807) is 6.92 Å². The van der Waals surface area contributed by atoms with E-state index in [1.807, 2.05) is 0 Å². The van der Waals surface area contributed by atoms with Gasteiger partial charge in [0.05, 0.1) is 18.8 Å². The lowest BCUT2D eigenvalue weighted by atomic mass is 9.71. The van der Waals surface area contributed by atoms with Crippen molar-refractivity contribution in [3.63, 3.8) is 0 Å². The zero-order valence-electron chi connectivity index (χ0n) is 10.6. The molecule has 0 radical (unpaired) electrons. The highest BCUT2D eigenvalue weighted by molar-refractivity contribution is 4.84. The fourth-order valence-corrected chi connectivity index (χ4v) is 2.55. The molecule has 90 valence electrons. The van der Waals surface area contributed by atoms with Crippen LogP contribution in [0.15, 0.2) is 0 Å². The van der Waals surface area contributed by atoms with Crippen LogP contribution in [0.1, 0.15) is 53.4 Å². The third kappa shape index (κ3) is 4.12. The summed E-state index contributed by atoms with van der Waals surface area (Å²) in [6, 6.07) is 0. The average molecular weight is 214 g/mol. The first-order chi connectivity index (χ1) is 6.91. The summed E-state index contributed by atoms with van der Waals surface area (Å²) in [5.41, 5.74) is 0.323. The summed E-state index contributed by atoms with van der Waals surface area (Å²) in [5.74, 6) is 0.644. The predicted molar refractivity (Wildman–Crippen MR) is 62.8 cm³/mol. The third-order valence-electron chi connectivity index (χ3n) is 3.37. The molecule has 0 saturated heterocycles. The number of hydrogen-bond acceptors (Lipinski definition) is 2. The molecule has 1 aliphatic carbocycles. The van der Waals surface area contributed by atoms with Gasteiger partial charge in [0.25, 0.3) is 0 Å². The van der Waals surface area contributed by atoms with E-state index < -0.39 is 0 Å². The maximum absolute atomic E-state index is 9.25. The van der Waals surface area contributed by atoms with Gasteiger partial charge >= 0.3 is 0 Å². The van der Waals surface area contributed by atoms with Crippen molar-refractivity contribution in [1.82, 2.24) is 0 Å². The van der Waals surface area contributed by atoms with Gasteiger partial charge in [-0.25, -0.2) is 0 Å². The minimum Gasteiger partial charge on any atom is -0.391 e. The van der Waals surface area contributed by atoms with Crippen LogP contribution >= 0.6 is 0 Å². The van der Waals surface area contributed by atoms with E-state index in [-0.39, 0.29) is 6.10 Å². The number of hydrogen-bond donors (Lipinski definition) is 1. The maximum atomic E-state index is 9.25. The van der Waals surface area contributed by atoms with Crippen molar-refractivity contribution in [2.45, 2.75) is 65.6 Å². The Balaban J connectivity index is 2.50. The van der Waals surface area contributed by atoms with Crippen LogP contribution < -0.4 is 0 Å². The molecule has 0 heterocycles. The van der Waals surface area contributed by atoms with Crippen molar-refractivity contribution in [1.29, 1.82) is 0 Å². The Bertz CT molecular complexity index is 181. The van der Waals surface area contributed by atoms with Crippen LogP contribution in [0.2, 0.25) is 0 Å². The van der Waals surface area contributed by atoms with Crippen LogP contribution in [-0.4, -0.2) is 23.9 Å². The van der Waals surface area contributed by atoms with Gasteiger partial charge in [-0.1, -0.05) is 33.6 Å². The largest absolute Gasteiger partial charge is 0.391 e. The molecule has 2 nitrogen and oxygen atoms in total. The van der Waals surface area contributed by atoms with Crippen LogP contribution in [0.4, 0.5) is 0 Å². The van der Waals surface area contributed by atoms with E-state index in [1.165, 1.54) is 19.3 Å². The van der Waals surface area contributed by atoms with Gasteiger partial charge in [0.15, 0.2) is 0 Å². The van der Waals surface area contributed by atoms with E-state index in [2.05, 4.69) is 20.8 Å². The molecule has 0 spiro atoms. The van der Waals surface area contributed by atoms with Crippen LogP contribution in [0, 0.1) is 11.3 Å². The molecule has 1 N–H and O–H groups in total. The first-order valence-corrected chi connectivity index (χ1v) is 6.21. The lowest BCUT2D eigenvalue weighted by Crippen LogP contribution is -2.37. The molecule has 1 rings (SSSR count). The molecule has 0 aromatic heterocycles. The third-order valence-corrected chi connectivity index (χ3v) is 3.37. The van der Waals surface area contributed by atoms with Gasteiger partial charge in [0.1, 0.15) is 0 Å². The highest BCUT2D eigenvalue weighted by atomic mass is 16.5. The highest BCUT2D eigenvalue weighted by Crippen LogP contribution is 2.39. The molecule has 0 amide bonds. The summed E-state index contributed by atoms with van der Waals surface area (Å²) in [5, 5.41) is 9.25. The molecule has 1 saturated carbocycles. The fraction of sp³-hybridized carbons (Fsp3) is 1.00.